The van der Waals surface area contributed by atoms with E-state index in [1.54, 1.807) is 41.4 Å². The van der Waals surface area contributed by atoms with Gasteiger partial charge in [0.1, 0.15) is 5.82 Å². The van der Waals surface area contributed by atoms with Crippen molar-refractivity contribution in [3.8, 4) is 0 Å². The molecule has 0 spiro atoms. The van der Waals surface area contributed by atoms with Gasteiger partial charge in [-0.1, -0.05) is 23.7 Å². The van der Waals surface area contributed by atoms with Crippen LogP contribution in [0.15, 0.2) is 48.5 Å². The predicted molar refractivity (Wildman–Crippen MR) is 90.2 cm³/mol. The van der Waals surface area contributed by atoms with Crippen LogP contribution in [0.2, 0.25) is 5.02 Å². The van der Waals surface area contributed by atoms with Gasteiger partial charge in [-0.2, -0.15) is 0 Å². The van der Waals surface area contributed by atoms with E-state index in [0.29, 0.717) is 36.9 Å². The molecule has 1 heterocycles. The van der Waals surface area contributed by atoms with Crippen LogP contribution in [0, 0.1) is 5.82 Å². The number of anilines is 2. The van der Waals surface area contributed by atoms with E-state index < -0.39 is 0 Å². The lowest BCUT2D eigenvalue weighted by atomic mass is 10.2. The fourth-order valence-corrected chi connectivity index (χ4v) is 2.87. The van der Waals surface area contributed by atoms with E-state index in [9.17, 15) is 9.18 Å². The van der Waals surface area contributed by atoms with E-state index in [4.69, 9.17) is 11.6 Å². The first-order chi connectivity index (χ1) is 11.2. The molecule has 0 unspecified atom stereocenters. The summed E-state index contributed by atoms with van der Waals surface area (Å²) in [5, 5.41) is 4.16. The summed E-state index contributed by atoms with van der Waals surface area (Å²) < 4.78 is 13.9. The maximum absolute atomic E-state index is 13.9. The van der Waals surface area contributed by atoms with Gasteiger partial charge in [0.25, 0.3) is 0 Å². The first-order valence-corrected chi connectivity index (χ1v) is 7.81. The molecule has 0 atom stereocenters. The number of nitrogens with zero attached hydrogens (tertiary/aromatic N) is 3. The van der Waals surface area contributed by atoms with Crippen molar-refractivity contribution < 1.29 is 9.18 Å². The zero-order valence-corrected chi connectivity index (χ0v) is 13.3. The predicted octanol–water partition coefficient (Wildman–Crippen LogP) is 3.18. The monoisotopic (exact) mass is 333 g/mol. The fourth-order valence-electron chi connectivity index (χ4n) is 2.75. The topological polar surface area (TPSA) is 26.8 Å². The van der Waals surface area contributed by atoms with Crippen molar-refractivity contribution in [1.29, 1.82) is 0 Å². The molecule has 0 aliphatic carbocycles. The number of carbonyl (C=O) groups excluding carboxylic acids is 1. The molecule has 2 aromatic rings. The maximum atomic E-state index is 13.9. The van der Waals surface area contributed by atoms with Crippen molar-refractivity contribution in [1.82, 2.24) is 5.01 Å². The Balaban J connectivity index is 1.69. The third-order valence-electron chi connectivity index (χ3n) is 3.94. The van der Waals surface area contributed by atoms with Crippen LogP contribution in [0.25, 0.3) is 0 Å². The molecule has 2 aromatic carbocycles. The minimum Gasteiger partial charge on any atom is -0.366 e. The second-order valence-electron chi connectivity index (χ2n) is 5.32. The van der Waals surface area contributed by atoms with Gasteiger partial charge in [0.2, 0.25) is 6.41 Å². The summed E-state index contributed by atoms with van der Waals surface area (Å²) in [4.78, 5) is 13.5. The number of halogens is 2. The summed E-state index contributed by atoms with van der Waals surface area (Å²) in [5.74, 6) is -0.217. The number of hydrazine groups is 1. The number of hydrogen-bond donors (Lipinski definition) is 0. The van der Waals surface area contributed by atoms with Crippen LogP contribution in [-0.2, 0) is 4.79 Å². The lowest BCUT2D eigenvalue weighted by molar-refractivity contribution is -0.110. The molecule has 1 aliphatic rings. The highest BCUT2D eigenvalue weighted by Gasteiger charge is 2.23. The summed E-state index contributed by atoms with van der Waals surface area (Å²) in [6, 6.07) is 13.9. The summed E-state index contributed by atoms with van der Waals surface area (Å²) >= 11 is 5.88. The van der Waals surface area contributed by atoms with Gasteiger partial charge in [-0.15, -0.1) is 0 Å². The van der Waals surface area contributed by atoms with Crippen molar-refractivity contribution in [2.24, 2.45) is 0 Å². The molecule has 23 heavy (non-hydrogen) atoms. The summed E-state index contributed by atoms with van der Waals surface area (Å²) in [6.07, 6.45) is 0.794. The molecule has 0 radical (unpaired) electrons. The van der Waals surface area contributed by atoms with Crippen molar-refractivity contribution in [3.63, 3.8) is 0 Å². The summed E-state index contributed by atoms with van der Waals surface area (Å²) in [6.45, 7) is 2.57. The molecule has 6 heteroatoms. The van der Waals surface area contributed by atoms with Crippen LogP contribution in [0.4, 0.5) is 15.8 Å². The van der Waals surface area contributed by atoms with Gasteiger partial charge in [0, 0.05) is 31.2 Å². The molecule has 1 fully saturated rings. The van der Waals surface area contributed by atoms with Gasteiger partial charge >= 0.3 is 0 Å². The van der Waals surface area contributed by atoms with E-state index in [0.717, 1.165) is 12.1 Å². The normalized spacial score (nSPS) is 15.5. The Morgan fingerprint density at radius 2 is 1.65 bits per heavy atom. The molecule has 0 bridgehead atoms. The molecule has 0 aromatic heterocycles. The molecule has 1 aliphatic heterocycles. The molecule has 4 nitrogen and oxygen atoms in total. The van der Waals surface area contributed by atoms with Gasteiger partial charge in [-0.25, -0.2) is 14.4 Å². The Bertz CT molecular complexity index is 672. The Hall–Kier alpha value is -2.11. The van der Waals surface area contributed by atoms with Crippen LogP contribution < -0.4 is 9.91 Å². The van der Waals surface area contributed by atoms with E-state index in [1.165, 1.54) is 6.07 Å². The number of rotatable bonds is 4. The number of hydrogen-bond acceptors (Lipinski definition) is 3. The minimum absolute atomic E-state index is 0.217. The lowest BCUT2D eigenvalue weighted by Gasteiger charge is -2.40. The van der Waals surface area contributed by atoms with E-state index in [2.05, 4.69) is 0 Å². The van der Waals surface area contributed by atoms with E-state index in [-0.39, 0.29) is 5.82 Å². The van der Waals surface area contributed by atoms with Gasteiger partial charge < -0.3 is 4.90 Å². The molecule has 3 rings (SSSR count). The van der Waals surface area contributed by atoms with Gasteiger partial charge in [-0.05, 0) is 36.4 Å². The van der Waals surface area contributed by atoms with Gasteiger partial charge in [0.05, 0.1) is 11.4 Å². The largest absolute Gasteiger partial charge is 0.366 e. The summed E-state index contributed by atoms with van der Waals surface area (Å²) in [5.41, 5.74) is 1.38. The first kappa shape index (κ1) is 15.8. The smallest absolute Gasteiger partial charge is 0.228 e. The number of benzene rings is 2. The van der Waals surface area contributed by atoms with Crippen LogP contribution >= 0.6 is 11.6 Å². The standard InChI is InChI=1S/C17H17ClFN3O/c18-14-5-7-15(8-6-14)22(13-23)21-11-9-20(10-12-21)17-4-2-1-3-16(17)19/h1-8,13H,9-12H2. The Morgan fingerprint density at radius 3 is 2.26 bits per heavy atom. The molecule has 0 saturated carbocycles. The Labute approximate surface area is 139 Å². The molecule has 0 N–H and O–H groups in total. The first-order valence-electron chi connectivity index (χ1n) is 7.43. The molecule has 1 amide bonds. The van der Waals surface area contributed by atoms with Crippen LogP contribution in [0.1, 0.15) is 0 Å². The number of carbonyl (C=O) groups is 1. The number of para-hydroxylation sites is 1. The van der Waals surface area contributed by atoms with E-state index >= 15 is 0 Å². The van der Waals surface area contributed by atoms with Crippen LogP contribution in [0.3, 0.4) is 0 Å². The van der Waals surface area contributed by atoms with Crippen molar-refractivity contribution in [2.45, 2.75) is 0 Å². The highest BCUT2D eigenvalue weighted by atomic mass is 35.5. The average Bonchev–Trinajstić information content (AvgIpc) is 2.58. The van der Waals surface area contributed by atoms with Crippen molar-refractivity contribution in [2.75, 3.05) is 36.1 Å². The SMILES string of the molecule is O=CN(c1ccc(Cl)cc1)N1CCN(c2ccccc2F)CC1. The molecule has 120 valence electrons. The van der Waals surface area contributed by atoms with Gasteiger partial charge in [-0.3, -0.25) is 4.79 Å². The second kappa shape index (κ2) is 6.98. The summed E-state index contributed by atoms with van der Waals surface area (Å²) in [7, 11) is 0. The lowest BCUT2D eigenvalue weighted by Crippen LogP contribution is -2.53. The van der Waals surface area contributed by atoms with Crippen LogP contribution in [-0.4, -0.2) is 37.6 Å². The van der Waals surface area contributed by atoms with Crippen LogP contribution in [0.5, 0.6) is 0 Å². The minimum atomic E-state index is -0.217. The highest BCUT2D eigenvalue weighted by Crippen LogP contribution is 2.23. The molecule has 1 saturated heterocycles. The average molecular weight is 334 g/mol. The number of amides is 1. The zero-order valence-electron chi connectivity index (χ0n) is 12.5. The zero-order chi connectivity index (χ0) is 16.2. The molecular formula is C17H17ClFN3O. The quantitative estimate of drug-likeness (QED) is 0.804. The van der Waals surface area contributed by atoms with E-state index in [1.807, 2.05) is 16.0 Å². The highest BCUT2D eigenvalue weighted by molar-refractivity contribution is 6.30. The molecular weight excluding hydrogens is 317 g/mol. The Kier molecular flexibility index (Phi) is 4.79. The third kappa shape index (κ3) is 3.46. The maximum Gasteiger partial charge on any atom is 0.228 e. The van der Waals surface area contributed by atoms with Crippen molar-refractivity contribution in [3.05, 3.63) is 59.4 Å². The van der Waals surface area contributed by atoms with Crippen molar-refractivity contribution >= 4 is 29.4 Å². The Morgan fingerprint density at radius 1 is 1.00 bits per heavy atom. The third-order valence-corrected chi connectivity index (χ3v) is 4.20. The fraction of sp³-hybridized carbons (Fsp3) is 0.235. The second-order valence-corrected chi connectivity index (χ2v) is 5.75. The number of piperazine rings is 1. The van der Waals surface area contributed by atoms with Gasteiger partial charge in [0.15, 0.2) is 0 Å².